The van der Waals surface area contributed by atoms with E-state index in [4.69, 9.17) is 0 Å². The molecule has 60 heavy (non-hydrogen) atoms. The molecule has 0 aliphatic heterocycles. The average Bonchev–Trinajstić information content (AvgIpc) is 3.80. The predicted molar refractivity (Wildman–Crippen MR) is 248 cm³/mol. The molecule has 0 N–H and O–H groups in total. The predicted octanol–water partition coefficient (Wildman–Crippen LogP) is 8.87. The molecule has 1 aromatic heterocycles. The molecule has 3 fully saturated rings. The molecular formula is C54H67Cl2N2PRu-2. The second kappa shape index (κ2) is 21.6. The Kier molecular flexibility index (Phi) is 16.9. The number of nitrogens with zero attached hydrogens (tertiary/aromatic N) is 2. The Morgan fingerprint density at radius 2 is 0.867 bits per heavy atom. The molecule has 4 aliphatic carbocycles. The zero-order valence-electron chi connectivity index (χ0n) is 37.0. The zero-order valence-corrected chi connectivity index (χ0v) is 41.2. The molecule has 0 atom stereocenters. The molecule has 0 spiro atoms. The first-order valence-electron chi connectivity index (χ1n) is 22.7. The van der Waals surface area contributed by atoms with E-state index in [1.165, 1.54) is 111 Å². The largest absolute Gasteiger partial charge is 1.00 e. The van der Waals surface area contributed by atoms with Gasteiger partial charge in [0.25, 0.3) is 0 Å². The molecule has 0 amide bonds. The van der Waals surface area contributed by atoms with Crippen molar-refractivity contribution in [2.45, 2.75) is 155 Å². The van der Waals surface area contributed by atoms with E-state index in [9.17, 15) is 0 Å². The molecule has 2 nitrogen and oxygen atoms in total. The number of imidazole rings is 1. The van der Waals surface area contributed by atoms with E-state index in [0.29, 0.717) is 7.92 Å². The molecule has 3 saturated carbocycles. The van der Waals surface area contributed by atoms with Gasteiger partial charge < -0.3 is 24.8 Å². The number of fused-ring (bicyclic) bond motifs is 1. The van der Waals surface area contributed by atoms with Crippen LogP contribution in [0.3, 0.4) is 0 Å². The van der Waals surface area contributed by atoms with Crippen molar-refractivity contribution in [2.24, 2.45) is 0 Å². The molecule has 0 unspecified atom stereocenters. The van der Waals surface area contributed by atoms with Crippen molar-refractivity contribution in [3.63, 3.8) is 0 Å². The molecular weight excluding hydrogens is 880 g/mol. The normalized spacial score (nSPS) is 17.3. The molecule has 5 aromatic rings. The second-order valence-corrected chi connectivity index (χ2v) is 23.2. The summed E-state index contributed by atoms with van der Waals surface area (Å²) in [5.41, 5.74) is 19.3. The third kappa shape index (κ3) is 10.4. The summed E-state index contributed by atoms with van der Waals surface area (Å²) in [5, 5.41) is 0. The molecule has 6 heteroatoms. The van der Waals surface area contributed by atoms with E-state index >= 15 is 0 Å². The number of hydrogen-bond acceptors (Lipinski definition) is 0. The summed E-state index contributed by atoms with van der Waals surface area (Å²) >= 11 is -0.295. The summed E-state index contributed by atoms with van der Waals surface area (Å²) in [5.74, 6) is 0. The third-order valence-electron chi connectivity index (χ3n) is 13.5. The van der Waals surface area contributed by atoms with Crippen molar-refractivity contribution < 1.29 is 41.0 Å². The first-order chi connectivity index (χ1) is 28.3. The average molecular weight is 947 g/mol. The smallest absolute Gasteiger partial charge is 1.00 e. The van der Waals surface area contributed by atoms with E-state index in [0.717, 1.165) is 0 Å². The summed E-state index contributed by atoms with van der Waals surface area (Å²) in [6.07, 6.45) is 30.6. The Morgan fingerprint density at radius 1 is 0.483 bits per heavy atom. The summed E-state index contributed by atoms with van der Waals surface area (Å²) in [6.45, 7) is 13.3. The van der Waals surface area contributed by atoms with E-state index in [2.05, 4.69) is 148 Å². The molecule has 4 aromatic carbocycles. The van der Waals surface area contributed by atoms with Gasteiger partial charge in [-0.05, 0) is 55.5 Å². The Labute approximate surface area is 382 Å². The molecule has 0 saturated heterocycles. The standard InChI is InChI=1S/C21H24N2.C18H33P.C15H10.2ClH.Ru/c1-14-9-16(3)20(17(4)10-14)22-7-8-23(13-22)21-18(5)11-15(2)12-19(21)6;1-4-10-16(11-5-1)19(17-12-6-2-7-13-17)18-14-8-3-9-15-18;1-2-6-12(7-3-1)15-11-10-13-8-4-5-9-14(13)15;;;/h7-12H,1-6H3;16-18H,1-15H2;1-9,11H;2*1H;/p-2. The van der Waals surface area contributed by atoms with Crippen LogP contribution in [0.2, 0.25) is 0 Å². The quantitative estimate of drug-likeness (QED) is 0.119. The van der Waals surface area contributed by atoms with Gasteiger partial charge in [0.1, 0.15) is 0 Å². The minimum absolute atomic E-state index is 0. The fraction of sp³-hybridized carbons (Fsp3) is 0.444. The molecule has 9 rings (SSSR count). The Morgan fingerprint density at radius 3 is 1.28 bits per heavy atom. The van der Waals surface area contributed by atoms with E-state index in [1.807, 2.05) is 0 Å². The van der Waals surface area contributed by atoms with Crippen molar-refractivity contribution in [3.8, 4) is 11.4 Å². The van der Waals surface area contributed by atoms with Crippen LogP contribution in [0.15, 0.2) is 97.3 Å². The van der Waals surface area contributed by atoms with Crippen molar-refractivity contribution >= 4 is 17.6 Å². The van der Waals surface area contributed by atoms with Crippen LogP contribution < -0.4 is 24.8 Å². The maximum atomic E-state index is 2.46. The van der Waals surface area contributed by atoms with Crippen LogP contribution in [-0.2, 0) is 16.2 Å². The van der Waals surface area contributed by atoms with Crippen LogP contribution in [0.25, 0.3) is 16.9 Å². The zero-order chi connectivity index (χ0) is 40.2. The van der Waals surface area contributed by atoms with E-state index in [-0.39, 0.29) is 41.0 Å². The third-order valence-corrected chi connectivity index (χ3v) is 20.0. The summed E-state index contributed by atoms with van der Waals surface area (Å²) in [6, 6.07) is 28.9. The van der Waals surface area contributed by atoms with Gasteiger partial charge in [-0.15, -0.1) is 0 Å². The van der Waals surface area contributed by atoms with Crippen LogP contribution in [0, 0.1) is 45.6 Å². The maximum absolute atomic E-state index is 2.46. The number of rotatable bonds is 6. The Bertz CT molecular complexity index is 2200. The minimum Gasteiger partial charge on any atom is -1.00 e. The Balaban J connectivity index is 0.000000242. The minimum atomic E-state index is -0.295. The van der Waals surface area contributed by atoms with Gasteiger partial charge in [0.2, 0.25) is 0 Å². The number of benzene rings is 4. The number of allylic oxidation sites excluding steroid dienone is 1. The number of hydrogen-bond donors (Lipinski definition) is 0. The van der Waals surface area contributed by atoms with Crippen molar-refractivity contribution in [1.82, 2.24) is 9.13 Å². The van der Waals surface area contributed by atoms with Gasteiger partial charge in [0.15, 0.2) is 0 Å². The summed E-state index contributed by atoms with van der Waals surface area (Å²) < 4.78 is 7.72. The molecule has 4 aliphatic rings. The van der Waals surface area contributed by atoms with E-state index < -0.39 is 0 Å². The Hall–Kier alpha value is -2.67. The van der Waals surface area contributed by atoms with Crippen LogP contribution in [0.1, 0.15) is 146 Å². The van der Waals surface area contributed by atoms with Crippen LogP contribution >= 0.6 is 7.92 Å². The first kappa shape index (κ1) is 46.8. The van der Waals surface area contributed by atoms with E-state index in [1.54, 1.807) is 77.0 Å². The van der Waals surface area contributed by atoms with Gasteiger partial charge in [-0.25, -0.2) is 0 Å². The number of aromatic nitrogens is 2. The molecule has 322 valence electrons. The molecule has 0 radical (unpaired) electrons. The maximum Gasteiger partial charge on any atom is -1.00 e. The van der Waals surface area contributed by atoms with Crippen LogP contribution in [-0.4, -0.2) is 30.2 Å². The van der Waals surface area contributed by atoms with Gasteiger partial charge in [0, 0.05) is 0 Å². The first-order valence-corrected chi connectivity index (χ1v) is 26.0. The van der Waals surface area contributed by atoms with Crippen LogP contribution in [0.4, 0.5) is 0 Å². The fourth-order valence-corrected chi connectivity index (χ4v) is 18.3. The van der Waals surface area contributed by atoms with Crippen molar-refractivity contribution in [1.29, 1.82) is 0 Å². The SMILES string of the molecule is C1CCC(P(C2CCCCC2)C2CCCCC2)CC1.Cc1cc(C)c(-n2ccn(-c3c(C)cc(C)cc3C)[c]2=[Ru]=[C]2C=C(c3ccccc3)c3ccccc32)c(C)c1.[Cl-].[Cl-]. The van der Waals surface area contributed by atoms with Gasteiger partial charge in [-0.2, -0.15) is 0 Å². The molecule has 1 heterocycles. The van der Waals surface area contributed by atoms with Crippen molar-refractivity contribution in [3.05, 3.63) is 151 Å². The molecule has 0 bridgehead atoms. The number of halogens is 2. The van der Waals surface area contributed by atoms with Crippen molar-refractivity contribution in [2.75, 3.05) is 0 Å². The summed E-state index contributed by atoms with van der Waals surface area (Å²) in [7, 11) is 0.385. The van der Waals surface area contributed by atoms with Gasteiger partial charge in [0.05, 0.1) is 0 Å². The number of aryl methyl sites for hydroxylation is 6. The second-order valence-electron chi connectivity index (χ2n) is 18.0. The monoisotopic (exact) mass is 946 g/mol. The summed E-state index contributed by atoms with van der Waals surface area (Å²) in [4.78, 5) is 0. The van der Waals surface area contributed by atoms with Gasteiger partial charge in [-0.3, -0.25) is 0 Å². The van der Waals surface area contributed by atoms with Gasteiger partial charge in [-0.1, -0.05) is 65.7 Å². The topological polar surface area (TPSA) is 9.86 Å². The van der Waals surface area contributed by atoms with Crippen LogP contribution in [0.5, 0.6) is 0 Å². The van der Waals surface area contributed by atoms with Gasteiger partial charge >= 0.3 is 239 Å². The fourth-order valence-electron chi connectivity index (χ4n) is 11.1.